The molecule has 0 fully saturated rings. The second kappa shape index (κ2) is 6.68. The minimum atomic E-state index is -3.51. The SMILES string of the molecule is Nc1ccc(S(=O)(=O)CCOc2cccc(Br)c2)c(Cl)c1. The van der Waals surface area contributed by atoms with Crippen molar-refractivity contribution in [2.24, 2.45) is 0 Å². The summed E-state index contributed by atoms with van der Waals surface area (Å²) < 4.78 is 30.7. The van der Waals surface area contributed by atoms with E-state index in [4.69, 9.17) is 22.1 Å². The van der Waals surface area contributed by atoms with Gasteiger partial charge in [0.1, 0.15) is 12.4 Å². The first-order valence-electron chi connectivity index (χ1n) is 6.04. The molecule has 2 aromatic carbocycles. The number of nitrogen functional groups attached to an aromatic ring is 1. The summed E-state index contributed by atoms with van der Waals surface area (Å²) in [5.74, 6) is 0.436. The highest BCUT2D eigenvalue weighted by molar-refractivity contribution is 9.10. The van der Waals surface area contributed by atoms with Gasteiger partial charge in [-0.1, -0.05) is 33.6 Å². The molecule has 0 spiro atoms. The summed E-state index contributed by atoms with van der Waals surface area (Å²) in [7, 11) is -3.51. The summed E-state index contributed by atoms with van der Waals surface area (Å²) in [6.07, 6.45) is 0. The van der Waals surface area contributed by atoms with E-state index in [1.165, 1.54) is 18.2 Å². The minimum absolute atomic E-state index is 0.0412. The number of hydrogen-bond donors (Lipinski definition) is 1. The number of benzene rings is 2. The van der Waals surface area contributed by atoms with Crippen LogP contribution in [0.3, 0.4) is 0 Å². The quantitative estimate of drug-likeness (QED) is 0.793. The fraction of sp³-hybridized carbons (Fsp3) is 0.143. The summed E-state index contributed by atoms with van der Waals surface area (Å²) in [6.45, 7) is 0.0412. The number of nitrogens with two attached hydrogens (primary N) is 1. The number of hydrogen-bond acceptors (Lipinski definition) is 4. The van der Waals surface area contributed by atoms with E-state index in [0.717, 1.165) is 4.47 Å². The average Bonchev–Trinajstić information content (AvgIpc) is 2.38. The van der Waals surface area contributed by atoms with Crippen LogP contribution in [-0.2, 0) is 9.84 Å². The molecule has 0 aliphatic carbocycles. The monoisotopic (exact) mass is 389 g/mol. The van der Waals surface area contributed by atoms with Gasteiger partial charge < -0.3 is 10.5 Å². The molecule has 7 heteroatoms. The summed E-state index contributed by atoms with van der Waals surface area (Å²) in [5, 5.41) is 0.123. The van der Waals surface area contributed by atoms with Gasteiger partial charge in [0.15, 0.2) is 9.84 Å². The lowest BCUT2D eigenvalue weighted by molar-refractivity contribution is 0.340. The number of halogens is 2. The maximum absolute atomic E-state index is 12.2. The van der Waals surface area contributed by atoms with Crippen LogP contribution in [0, 0.1) is 0 Å². The zero-order valence-electron chi connectivity index (χ0n) is 10.9. The van der Waals surface area contributed by atoms with Crippen molar-refractivity contribution in [3.63, 3.8) is 0 Å². The maximum Gasteiger partial charge on any atom is 0.183 e. The standard InChI is InChI=1S/C14H13BrClNO3S/c15-10-2-1-3-12(8-10)20-6-7-21(18,19)14-5-4-11(17)9-13(14)16/h1-5,8-9H,6-7,17H2. The average molecular weight is 391 g/mol. The van der Waals surface area contributed by atoms with E-state index in [1.807, 2.05) is 12.1 Å². The molecule has 0 atom stereocenters. The lowest BCUT2D eigenvalue weighted by Gasteiger charge is -2.09. The van der Waals surface area contributed by atoms with Crippen molar-refractivity contribution in [3.05, 3.63) is 52.0 Å². The number of sulfone groups is 1. The molecule has 2 rings (SSSR count). The number of rotatable bonds is 5. The van der Waals surface area contributed by atoms with Crippen LogP contribution in [0.5, 0.6) is 5.75 Å². The third-order valence-electron chi connectivity index (χ3n) is 2.71. The van der Waals surface area contributed by atoms with Gasteiger partial charge in [0, 0.05) is 10.2 Å². The highest BCUT2D eigenvalue weighted by Gasteiger charge is 2.18. The van der Waals surface area contributed by atoms with Gasteiger partial charge in [-0.15, -0.1) is 0 Å². The summed E-state index contributed by atoms with van der Waals surface area (Å²) in [6, 6.07) is 11.5. The van der Waals surface area contributed by atoms with Crippen LogP contribution in [0.25, 0.3) is 0 Å². The first kappa shape index (κ1) is 16.1. The van der Waals surface area contributed by atoms with Crippen LogP contribution in [0.2, 0.25) is 5.02 Å². The van der Waals surface area contributed by atoms with E-state index < -0.39 is 9.84 Å². The van der Waals surface area contributed by atoms with Crippen molar-refractivity contribution in [1.29, 1.82) is 0 Å². The first-order valence-corrected chi connectivity index (χ1v) is 8.87. The highest BCUT2D eigenvalue weighted by atomic mass is 79.9. The van der Waals surface area contributed by atoms with Crippen LogP contribution in [0.1, 0.15) is 0 Å². The molecule has 21 heavy (non-hydrogen) atoms. The minimum Gasteiger partial charge on any atom is -0.492 e. The van der Waals surface area contributed by atoms with E-state index in [2.05, 4.69) is 15.9 Å². The fourth-order valence-electron chi connectivity index (χ4n) is 1.71. The van der Waals surface area contributed by atoms with E-state index in [0.29, 0.717) is 11.4 Å². The molecule has 2 aromatic rings. The summed E-state index contributed by atoms with van der Waals surface area (Å²) >= 11 is 9.24. The van der Waals surface area contributed by atoms with Crippen LogP contribution in [0.4, 0.5) is 5.69 Å². The van der Waals surface area contributed by atoms with Gasteiger partial charge in [-0.3, -0.25) is 0 Å². The van der Waals surface area contributed by atoms with Gasteiger partial charge in [-0.2, -0.15) is 0 Å². The Hall–Kier alpha value is -1.24. The second-order valence-electron chi connectivity index (χ2n) is 4.31. The molecule has 0 unspecified atom stereocenters. The van der Waals surface area contributed by atoms with E-state index in [9.17, 15) is 8.42 Å². The van der Waals surface area contributed by atoms with E-state index >= 15 is 0 Å². The molecule has 0 radical (unpaired) electrons. The Morgan fingerprint density at radius 2 is 1.95 bits per heavy atom. The molecule has 0 aliphatic heterocycles. The van der Waals surface area contributed by atoms with Gasteiger partial charge in [0.05, 0.1) is 15.7 Å². The molecular weight excluding hydrogens is 378 g/mol. The number of ether oxygens (including phenoxy) is 1. The molecule has 0 heterocycles. The largest absolute Gasteiger partial charge is 0.492 e. The van der Waals surface area contributed by atoms with Gasteiger partial charge in [-0.25, -0.2) is 8.42 Å². The second-order valence-corrected chi connectivity index (χ2v) is 7.72. The van der Waals surface area contributed by atoms with Crippen molar-refractivity contribution >= 4 is 43.1 Å². The van der Waals surface area contributed by atoms with Crippen molar-refractivity contribution in [2.45, 2.75) is 4.90 Å². The van der Waals surface area contributed by atoms with Crippen LogP contribution < -0.4 is 10.5 Å². The molecule has 0 aromatic heterocycles. The van der Waals surface area contributed by atoms with Crippen molar-refractivity contribution in [3.8, 4) is 5.75 Å². The Bertz CT molecular complexity index is 750. The lowest BCUT2D eigenvalue weighted by atomic mass is 10.3. The third kappa shape index (κ3) is 4.36. The molecule has 0 bridgehead atoms. The fourth-order valence-corrected chi connectivity index (χ4v) is 3.78. The normalized spacial score (nSPS) is 11.3. The van der Waals surface area contributed by atoms with Gasteiger partial charge in [-0.05, 0) is 36.4 Å². The molecule has 0 amide bonds. The molecule has 0 saturated heterocycles. The first-order chi connectivity index (χ1) is 9.88. The molecule has 4 nitrogen and oxygen atoms in total. The highest BCUT2D eigenvalue weighted by Crippen LogP contribution is 2.25. The third-order valence-corrected chi connectivity index (χ3v) is 5.36. The topological polar surface area (TPSA) is 69.4 Å². The lowest BCUT2D eigenvalue weighted by Crippen LogP contribution is -2.14. The van der Waals surface area contributed by atoms with Crippen LogP contribution in [-0.4, -0.2) is 20.8 Å². The number of anilines is 1. The summed E-state index contributed by atoms with van der Waals surface area (Å²) in [4.78, 5) is 0.0659. The Kier molecular flexibility index (Phi) is 5.13. The molecule has 112 valence electrons. The zero-order chi connectivity index (χ0) is 15.5. The predicted octanol–water partition coefficient (Wildman–Crippen LogP) is 3.54. The van der Waals surface area contributed by atoms with Crippen molar-refractivity contribution in [2.75, 3.05) is 18.1 Å². The molecule has 0 saturated carbocycles. The Labute approximate surface area is 136 Å². The molecular formula is C14H13BrClNO3S. The molecule has 2 N–H and O–H groups in total. The Morgan fingerprint density at radius 1 is 1.19 bits per heavy atom. The predicted molar refractivity (Wildman–Crippen MR) is 87.6 cm³/mol. The van der Waals surface area contributed by atoms with Gasteiger partial charge >= 0.3 is 0 Å². The Balaban J connectivity index is 2.05. The molecule has 0 aliphatic rings. The smallest absolute Gasteiger partial charge is 0.183 e. The summed E-state index contributed by atoms with van der Waals surface area (Å²) in [5.41, 5.74) is 5.97. The van der Waals surface area contributed by atoms with Gasteiger partial charge in [0.25, 0.3) is 0 Å². The van der Waals surface area contributed by atoms with Crippen LogP contribution >= 0.6 is 27.5 Å². The van der Waals surface area contributed by atoms with E-state index in [-0.39, 0.29) is 22.3 Å². The maximum atomic E-state index is 12.2. The van der Waals surface area contributed by atoms with Crippen molar-refractivity contribution < 1.29 is 13.2 Å². The Morgan fingerprint density at radius 3 is 2.62 bits per heavy atom. The van der Waals surface area contributed by atoms with Gasteiger partial charge in [0.2, 0.25) is 0 Å². The zero-order valence-corrected chi connectivity index (χ0v) is 14.1. The van der Waals surface area contributed by atoms with Crippen molar-refractivity contribution in [1.82, 2.24) is 0 Å². The van der Waals surface area contributed by atoms with Crippen LogP contribution in [0.15, 0.2) is 51.8 Å². The van der Waals surface area contributed by atoms with E-state index in [1.54, 1.807) is 12.1 Å².